The van der Waals surface area contributed by atoms with Crippen LogP contribution in [0.15, 0.2) is 48.5 Å². The average molecular weight is 287 g/mol. The number of aromatic hydroxyl groups is 2. The fourth-order valence-corrected chi connectivity index (χ4v) is 2.22. The number of phenolic OH excluding ortho intramolecular Hbond substituents is 2. The van der Waals surface area contributed by atoms with Crippen LogP contribution in [0.25, 0.3) is 0 Å². The number of phenols is 2. The maximum absolute atomic E-state index is 10.1. The van der Waals surface area contributed by atoms with Crippen LogP contribution in [-0.2, 0) is 6.42 Å². The number of hydrogen-bond donors (Lipinski definition) is 4. The first kappa shape index (κ1) is 15.4. The highest BCUT2D eigenvalue weighted by Crippen LogP contribution is 2.27. The van der Waals surface area contributed by atoms with Crippen molar-refractivity contribution in [2.24, 2.45) is 0 Å². The molecule has 0 spiro atoms. The number of aliphatic hydroxyl groups is 1. The molecule has 0 amide bonds. The molecule has 0 aliphatic rings. The Morgan fingerprint density at radius 1 is 1.00 bits per heavy atom. The van der Waals surface area contributed by atoms with Gasteiger partial charge in [0.1, 0.15) is 0 Å². The summed E-state index contributed by atoms with van der Waals surface area (Å²) in [5.74, 6) is -0.403. The van der Waals surface area contributed by atoms with Crippen LogP contribution in [0.5, 0.6) is 11.5 Å². The molecule has 0 bridgehead atoms. The van der Waals surface area contributed by atoms with Gasteiger partial charge in [-0.25, -0.2) is 0 Å². The summed E-state index contributed by atoms with van der Waals surface area (Å²) < 4.78 is 0. The molecule has 21 heavy (non-hydrogen) atoms. The SMILES string of the molecule is CC(Cc1ccccc1)NCC(O)c1ccc(O)c(O)c1. The second-order valence-corrected chi connectivity index (χ2v) is 5.26. The summed E-state index contributed by atoms with van der Waals surface area (Å²) in [7, 11) is 0. The summed E-state index contributed by atoms with van der Waals surface area (Å²) in [6.45, 7) is 2.45. The molecule has 0 saturated carbocycles. The predicted octanol–water partition coefficient (Wildman–Crippen LogP) is 2.35. The maximum atomic E-state index is 10.1. The van der Waals surface area contributed by atoms with Crippen molar-refractivity contribution in [3.05, 3.63) is 59.7 Å². The van der Waals surface area contributed by atoms with Crippen molar-refractivity contribution in [1.29, 1.82) is 0 Å². The van der Waals surface area contributed by atoms with E-state index in [4.69, 9.17) is 0 Å². The summed E-state index contributed by atoms with van der Waals surface area (Å²) in [6.07, 6.45) is 0.156. The van der Waals surface area contributed by atoms with Gasteiger partial charge in [0.05, 0.1) is 6.10 Å². The minimum atomic E-state index is -0.727. The number of benzene rings is 2. The van der Waals surface area contributed by atoms with E-state index in [1.54, 1.807) is 6.07 Å². The van der Waals surface area contributed by atoms with E-state index >= 15 is 0 Å². The standard InChI is InChI=1S/C17H21NO3/c1-12(9-13-5-3-2-4-6-13)18-11-17(21)14-7-8-15(19)16(20)10-14/h2-8,10,12,17-21H,9,11H2,1H3. The Morgan fingerprint density at radius 2 is 1.71 bits per heavy atom. The van der Waals surface area contributed by atoms with Crippen LogP contribution in [0.3, 0.4) is 0 Å². The van der Waals surface area contributed by atoms with Crippen LogP contribution in [0, 0.1) is 0 Å². The molecule has 0 heterocycles. The van der Waals surface area contributed by atoms with Crippen LogP contribution in [-0.4, -0.2) is 27.9 Å². The highest BCUT2D eigenvalue weighted by Gasteiger charge is 2.11. The second kappa shape index (κ2) is 7.11. The summed E-state index contributed by atoms with van der Waals surface area (Å²) in [5, 5.41) is 32.1. The fraction of sp³-hybridized carbons (Fsp3) is 0.294. The van der Waals surface area contributed by atoms with Crippen LogP contribution in [0.1, 0.15) is 24.2 Å². The van der Waals surface area contributed by atoms with Crippen molar-refractivity contribution in [2.45, 2.75) is 25.5 Å². The highest BCUT2D eigenvalue weighted by atomic mass is 16.3. The lowest BCUT2D eigenvalue weighted by molar-refractivity contribution is 0.170. The normalized spacial score (nSPS) is 13.8. The molecule has 4 N–H and O–H groups in total. The number of hydrogen-bond acceptors (Lipinski definition) is 4. The molecule has 0 aliphatic heterocycles. The Hall–Kier alpha value is -2.04. The highest BCUT2D eigenvalue weighted by molar-refractivity contribution is 5.41. The Balaban J connectivity index is 1.85. The summed E-state index contributed by atoms with van der Waals surface area (Å²) in [4.78, 5) is 0. The second-order valence-electron chi connectivity index (χ2n) is 5.26. The van der Waals surface area contributed by atoms with Crippen molar-refractivity contribution in [2.75, 3.05) is 6.54 Å². The monoisotopic (exact) mass is 287 g/mol. The predicted molar refractivity (Wildman–Crippen MR) is 82.3 cm³/mol. The molecule has 4 nitrogen and oxygen atoms in total. The average Bonchev–Trinajstić information content (AvgIpc) is 2.48. The minimum Gasteiger partial charge on any atom is -0.504 e. The van der Waals surface area contributed by atoms with Gasteiger partial charge in [-0.15, -0.1) is 0 Å². The molecule has 2 atom stereocenters. The molecule has 0 aromatic heterocycles. The van der Waals surface area contributed by atoms with Gasteiger partial charge >= 0.3 is 0 Å². The molecule has 2 rings (SSSR count). The molecule has 0 aliphatic carbocycles. The molecule has 112 valence electrons. The molecule has 2 aromatic rings. The zero-order valence-electron chi connectivity index (χ0n) is 12.0. The molecule has 0 saturated heterocycles. The lowest BCUT2D eigenvalue weighted by atomic mass is 10.1. The van der Waals surface area contributed by atoms with Crippen LogP contribution in [0.4, 0.5) is 0 Å². The minimum absolute atomic E-state index is 0.184. The van der Waals surface area contributed by atoms with E-state index in [1.807, 2.05) is 18.2 Å². The van der Waals surface area contributed by atoms with Gasteiger partial charge in [0, 0.05) is 12.6 Å². The molecule has 4 heteroatoms. The van der Waals surface area contributed by atoms with Crippen LogP contribution < -0.4 is 5.32 Å². The van der Waals surface area contributed by atoms with E-state index < -0.39 is 6.10 Å². The van der Waals surface area contributed by atoms with Crippen LogP contribution in [0.2, 0.25) is 0 Å². The van der Waals surface area contributed by atoms with E-state index in [1.165, 1.54) is 17.7 Å². The maximum Gasteiger partial charge on any atom is 0.157 e. The molecular weight excluding hydrogens is 266 g/mol. The fourth-order valence-electron chi connectivity index (χ4n) is 2.22. The van der Waals surface area contributed by atoms with E-state index in [0.717, 1.165) is 6.42 Å². The van der Waals surface area contributed by atoms with Crippen molar-refractivity contribution < 1.29 is 15.3 Å². The van der Waals surface area contributed by atoms with Crippen LogP contribution >= 0.6 is 0 Å². The van der Waals surface area contributed by atoms with Crippen molar-refractivity contribution in [3.63, 3.8) is 0 Å². The van der Waals surface area contributed by atoms with Crippen molar-refractivity contribution in [1.82, 2.24) is 5.32 Å². The first-order valence-corrected chi connectivity index (χ1v) is 7.03. The Bertz CT molecular complexity index is 572. The van der Waals surface area contributed by atoms with Gasteiger partial charge in [0.25, 0.3) is 0 Å². The quantitative estimate of drug-likeness (QED) is 0.615. The zero-order chi connectivity index (χ0) is 15.2. The van der Waals surface area contributed by atoms with Gasteiger partial charge in [-0.05, 0) is 36.6 Å². The Labute approximate surface area is 124 Å². The number of rotatable bonds is 6. The topological polar surface area (TPSA) is 72.7 Å². The van der Waals surface area contributed by atoms with Crippen molar-refractivity contribution >= 4 is 0 Å². The van der Waals surface area contributed by atoms with E-state index in [2.05, 4.69) is 24.4 Å². The molecular formula is C17H21NO3. The van der Waals surface area contributed by atoms with Gasteiger partial charge in [0.15, 0.2) is 11.5 Å². The third kappa shape index (κ3) is 4.48. The lowest BCUT2D eigenvalue weighted by Crippen LogP contribution is -2.32. The lowest BCUT2D eigenvalue weighted by Gasteiger charge is -2.18. The van der Waals surface area contributed by atoms with E-state index in [0.29, 0.717) is 12.1 Å². The molecule has 2 aromatic carbocycles. The molecule has 0 radical (unpaired) electrons. The zero-order valence-corrected chi connectivity index (χ0v) is 12.0. The first-order valence-electron chi connectivity index (χ1n) is 7.03. The largest absolute Gasteiger partial charge is 0.504 e. The third-order valence-electron chi connectivity index (χ3n) is 3.43. The number of aliphatic hydroxyl groups excluding tert-OH is 1. The third-order valence-corrected chi connectivity index (χ3v) is 3.43. The van der Waals surface area contributed by atoms with Gasteiger partial charge < -0.3 is 20.6 Å². The summed E-state index contributed by atoms with van der Waals surface area (Å²) >= 11 is 0. The van der Waals surface area contributed by atoms with Gasteiger partial charge in [-0.1, -0.05) is 36.4 Å². The molecule has 0 fully saturated rings. The number of nitrogens with one attached hydrogen (secondary N) is 1. The Morgan fingerprint density at radius 3 is 2.38 bits per heavy atom. The summed E-state index contributed by atoms with van der Waals surface area (Å²) in [5.41, 5.74) is 1.82. The van der Waals surface area contributed by atoms with E-state index in [9.17, 15) is 15.3 Å². The van der Waals surface area contributed by atoms with Gasteiger partial charge in [0.2, 0.25) is 0 Å². The first-order chi connectivity index (χ1) is 10.1. The van der Waals surface area contributed by atoms with Crippen molar-refractivity contribution in [3.8, 4) is 11.5 Å². The van der Waals surface area contributed by atoms with E-state index in [-0.39, 0.29) is 17.5 Å². The Kier molecular flexibility index (Phi) is 5.20. The summed E-state index contributed by atoms with van der Waals surface area (Å²) in [6, 6.07) is 14.7. The smallest absolute Gasteiger partial charge is 0.157 e. The molecule has 2 unspecified atom stereocenters. The van der Waals surface area contributed by atoms with Gasteiger partial charge in [-0.2, -0.15) is 0 Å². The van der Waals surface area contributed by atoms with Gasteiger partial charge in [-0.3, -0.25) is 0 Å².